The predicted molar refractivity (Wildman–Crippen MR) is 105 cm³/mol. The molecule has 0 spiro atoms. The molecule has 0 amide bonds. The monoisotopic (exact) mass is 432 g/mol. The van der Waals surface area contributed by atoms with Gasteiger partial charge in [-0.3, -0.25) is 9.98 Å². The number of methoxy groups -OCH3 is 1. The molecule has 0 saturated heterocycles. The molecule has 2 N–H and O–H groups in total. The van der Waals surface area contributed by atoms with Crippen LogP contribution in [0.1, 0.15) is 31.2 Å². The minimum atomic E-state index is 0. The van der Waals surface area contributed by atoms with E-state index in [4.69, 9.17) is 4.74 Å². The number of hydrogen-bond donors (Lipinski definition) is 2. The Hall–Kier alpha value is -0.890. The van der Waals surface area contributed by atoms with Gasteiger partial charge in [0.25, 0.3) is 0 Å². The summed E-state index contributed by atoms with van der Waals surface area (Å²) in [4.78, 5) is 8.44. The number of halogens is 1. The van der Waals surface area contributed by atoms with Crippen LogP contribution in [0.4, 0.5) is 0 Å². The topological polar surface area (TPSA) is 58.5 Å². The fourth-order valence-corrected chi connectivity index (χ4v) is 2.87. The zero-order valence-electron chi connectivity index (χ0n) is 14.2. The summed E-state index contributed by atoms with van der Waals surface area (Å²) in [6, 6.07) is 4.07. The Bertz CT molecular complexity index is 463. The fraction of sp³-hybridized carbons (Fsp3) is 0.647. The van der Waals surface area contributed by atoms with Crippen molar-refractivity contribution in [3.05, 3.63) is 30.1 Å². The van der Waals surface area contributed by atoms with Gasteiger partial charge in [0.05, 0.1) is 0 Å². The Kier molecular flexibility index (Phi) is 9.47. The lowest BCUT2D eigenvalue weighted by Gasteiger charge is -2.42. The second-order valence-electron chi connectivity index (χ2n) is 6.06. The molecule has 1 saturated carbocycles. The maximum Gasteiger partial charge on any atom is 0.191 e. The van der Waals surface area contributed by atoms with Crippen LogP contribution in [0.3, 0.4) is 0 Å². The largest absolute Gasteiger partial charge is 0.385 e. The molecule has 0 radical (unpaired) electrons. The molecule has 0 unspecified atom stereocenters. The molecule has 0 aliphatic heterocycles. The molecule has 0 atom stereocenters. The Labute approximate surface area is 156 Å². The van der Waals surface area contributed by atoms with E-state index < -0.39 is 0 Å². The molecule has 1 aromatic heterocycles. The summed E-state index contributed by atoms with van der Waals surface area (Å²) in [5, 5.41) is 6.85. The summed E-state index contributed by atoms with van der Waals surface area (Å²) in [6.45, 7) is 2.67. The summed E-state index contributed by atoms with van der Waals surface area (Å²) in [5.41, 5.74) is 1.64. The van der Waals surface area contributed by atoms with Gasteiger partial charge in [-0.2, -0.15) is 0 Å². The quantitative estimate of drug-likeness (QED) is 0.377. The Morgan fingerprint density at radius 1 is 1.39 bits per heavy atom. The van der Waals surface area contributed by atoms with Gasteiger partial charge in [0.15, 0.2) is 5.96 Å². The molecule has 0 aromatic carbocycles. The summed E-state index contributed by atoms with van der Waals surface area (Å²) < 4.78 is 5.24. The number of ether oxygens (including phenoxy) is 1. The molecule has 23 heavy (non-hydrogen) atoms. The van der Waals surface area contributed by atoms with Crippen LogP contribution in [-0.4, -0.2) is 44.8 Å². The highest BCUT2D eigenvalue weighted by Gasteiger charge is 2.36. The van der Waals surface area contributed by atoms with Gasteiger partial charge >= 0.3 is 0 Å². The number of guanidine groups is 1. The lowest BCUT2D eigenvalue weighted by molar-refractivity contribution is 0.0732. The smallest absolute Gasteiger partial charge is 0.191 e. The zero-order chi connectivity index (χ0) is 15.7. The molecular formula is C17H29IN4O. The van der Waals surface area contributed by atoms with E-state index in [0.29, 0.717) is 5.41 Å². The average molecular weight is 432 g/mol. The average Bonchev–Trinajstić information content (AvgIpc) is 2.52. The first-order chi connectivity index (χ1) is 10.8. The van der Waals surface area contributed by atoms with Gasteiger partial charge < -0.3 is 15.4 Å². The third-order valence-electron chi connectivity index (χ3n) is 4.53. The van der Waals surface area contributed by atoms with Gasteiger partial charge in [-0.05, 0) is 42.7 Å². The first kappa shape index (κ1) is 20.2. The Balaban J connectivity index is 0.00000264. The van der Waals surface area contributed by atoms with Crippen molar-refractivity contribution in [2.75, 3.05) is 33.9 Å². The zero-order valence-corrected chi connectivity index (χ0v) is 16.5. The van der Waals surface area contributed by atoms with E-state index in [-0.39, 0.29) is 24.0 Å². The van der Waals surface area contributed by atoms with Crippen molar-refractivity contribution in [3.63, 3.8) is 0 Å². The van der Waals surface area contributed by atoms with Crippen molar-refractivity contribution in [3.8, 4) is 0 Å². The van der Waals surface area contributed by atoms with Crippen molar-refractivity contribution in [2.24, 2.45) is 10.4 Å². The normalized spacial score (nSPS) is 16.2. The third kappa shape index (κ3) is 6.63. The van der Waals surface area contributed by atoms with E-state index in [2.05, 4.69) is 26.7 Å². The van der Waals surface area contributed by atoms with Crippen LogP contribution >= 0.6 is 24.0 Å². The maximum atomic E-state index is 5.24. The molecule has 0 bridgehead atoms. The number of rotatable bonds is 8. The van der Waals surface area contributed by atoms with E-state index in [1.54, 1.807) is 13.3 Å². The molecule has 1 aliphatic carbocycles. The molecule has 1 heterocycles. The van der Waals surface area contributed by atoms with Crippen molar-refractivity contribution in [1.29, 1.82) is 0 Å². The second-order valence-corrected chi connectivity index (χ2v) is 6.06. The highest BCUT2D eigenvalue weighted by atomic mass is 127. The maximum absolute atomic E-state index is 5.24. The summed E-state index contributed by atoms with van der Waals surface area (Å²) in [7, 11) is 3.60. The standard InChI is InChI=1S/C17H28N4O.HI/c1-18-16(20-11-6-15-5-3-10-19-13-15)21-14-17(7-4-8-17)9-12-22-2;/h3,5,10,13H,4,6-9,11-12,14H2,1-2H3,(H2,18,20,21);1H. The minimum absolute atomic E-state index is 0. The summed E-state index contributed by atoms with van der Waals surface area (Å²) in [6.07, 6.45) is 9.69. The van der Waals surface area contributed by atoms with Gasteiger partial charge in [-0.15, -0.1) is 24.0 Å². The van der Waals surface area contributed by atoms with Gasteiger partial charge in [0.1, 0.15) is 0 Å². The number of aliphatic imine (C=N–C) groups is 1. The number of nitrogens with one attached hydrogen (secondary N) is 2. The number of hydrogen-bond acceptors (Lipinski definition) is 3. The number of nitrogens with zero attached hydrogens (tertiary/aromatic N) is 2. The molecule has 2 rings (SSSR count). The van der Waals surface area contributed by atoms with Crippen molar-refractivity contribution in [2.45, 2.75) is 32.1 Å². The van der Waals surface area contributed by atoms with Gasteiger partial charge in [0.2, 0.25) is 0 Å². The van der Waals surface area contributed by atoms with Gasteiger partial charge in [-0.25, -0.2) is 0 Å². The van der Waals surface area contributed by atoms with Crippen molar-refractivity contribution >= 4 is 29.9 Å². The van der Waals surface area contributed by atoms with Crippen molar-refractivity contribution in [1.82, 2.24) is 15.6 Å². The predicted octanol–water partition coefficient (Wildman–Crippen LogP) is 2.61. The molecule has 6 heteroatoms. The van der Waals surface area contributed by atoms with E-state index in [0.717, 1.165) is 38.5 Å². The molecule has 1 aliphatic rings. The second kappa shape index (κ2) is 10.8. The first-order valence-corrected chi connectivity index (χ1v) is 8.10. The number of aromatic nitrogens is 1. The van der Waals surface area contributed by atoms with E-state index in [1.165, 1.54) is 24.8 Å². The van der Waals surface area contributed by atoms with Crippen LogP contribution in [0, 0.1) is 5.41 Å². The fourth-order valence-electron chi connectivity index (χ4n) is 2.87. The Morgan fingerprint density at radius 3 is 2.78 bits per heavy atom. The first-order valence-electron chi connectivity index (χ1n) is 8.10. The van der Waals surface area contributed by atoms with Crippen LogP contribution < -0.4 is 10.6 Å². The summed E-state index contributed by atoms with van der Waals surface area (Å²) >= 11 is 0. The lowest BCUT2D eigenvalue weighted by Crippen LogP contribution is -2.47. The van der Waals surface area contributed by atoms with Crippen molar-refractivity contribution < 1.29 is 4.74 Å². The summed E-state index contributed by atoms with van der Waals surface area (Å²) in [5.74, 6) is 0.882. The van der Waals surface area contributed by atoms with Crippen LogP contribution in [-0.2, 0) is 11.2 Å². The van der Waals surface area contributed by atoms with E-state index in [9.17, 15) is 0 Å². The molecule has 1 fully saturated rings. The number of pyridine rings is 1. The van der Waals surface area contributed by atoms with E-state index in [1.807, 2.05) is 19.3 Å². The highest BCUT2D eigenvalue weighted by Crippen LogP contribution is 2.43. The van der Waals surface area contributed by atoms with Crippen LogP contribution in [0.25, 0.3) is 0 Å². The van der Waals surface area contributed by atoms with E-state index >= 15 is 0 Å². The lowest BCUT2D eigenvalue weighted by atomic mass is 9.67. The van der Waals surface area contributed by atoms with Gasteiger partial charge in [0, 0.05) is 46.2 Å². The Morgan fingerprint density at radius 2 is 2.22 bits per heavy atom. The third-order valence-corrected chi connectivity index (χ3v) is 4.53. The minimum Gasteiger partial charge on any atom is -0.385 e. The van der Waals surface area contributed by atoms with Crippen LogP contribution in [0.15, 0.2) is 29.5 Å². The van der Waals surface area contributed by atoms with Crippen LogP contribution in [0.5, 0.6) is 0 Å². The molecular weight excluding hydrogens is 403 g/mol. The molecule has 5 nitrogen and oxygen atoms in total. The highest BCUT2D eigenvalue weighted by molar-refractivity contribution is 14.0. The van der Waals surface area contributed by atoms with Crippen LogP contribution in [0.2, 0.25) is 0 Å². The molecule has 1 aromatic rings. The molecule has 130 valence electrons. The SMILES string of the molecule is CN=C(NCCc1cccnc1)NCC1(CCOC)CCC1.I. The van der Waals surface area contributed by atoms with Gasteiger partial charge in [-0.1, -0.05) is 12.5 Å².